The first-order valence-corrected chi connectivity index (χ1v) is 13.3. The second kappa shape index (κ2) is 11.5. The molecular weight excluding hydrogens is 494 g/mol. The number of hydrogen-bond donors (Lipinski definition) is 2. The van der Waals surface area contributed by atoms with Crippen LogP contribution in [0.5, 0.6) is 0 Å². The number of imidazole rings is 1. The first-order chi connectivity index (χ1) is 16.9. The van der Waals surface area contributed by atoms with Crippen molar-refractivity contribution in [1.82, 2.24) is 9.55 Å². The molecule has 8 heteroatoms. The van der Waals surface area contributed by atoms with Gasteiger partial charge < -0.3 is 15.0 Å². The maximum Gasteiger partial charge on any atom is 0.319 e. The fraction of sp³-hybridized carbons (Fsp3) is 0.393. The smallest absolute Gasteiger partial charge is 0.319 e. The van der Waals surface area contributed by atoms with Crippen LogP contribution in [0, 0.1) is 19.8 Å². The van der Waals surface area contributed by atoms with Crippen LogP contribution in [-0.2, 0) is 11.3 Å². The zero-order valence-corrected chi connectivity index (χ0v) is 23.3. The molecule has 0 unspecified atom stereocenters. The van der Waals surface area contributed by atoms with Crippen molar-refractivity contribution in [3.63, 3.8) is 0 Å². The summed E-state index contributed by atoms with van der Waals surface area (Å²) < 4.78 is 1.17. The number of aromatic nitrogens is 2. The van der Waals surface area contributed by atoms with E-state index in [0.717, 1.165) is 46.9 Å². The first kappa shape index (κ1) is 27.8. The van der Waals surface area contributed by atoms with E-state index in [1.807, 2.05) is 44.2 Å². The Morgan fingerprint density at radius 2 is 1.81 bits per heavy atom. The van der Waals surface area contributed by atoms with Crippen LogP contribution in [0.25, 0.3) is 11.4 Å². The fourth-order valence-corrected chi connectivity index (χ4v) is 4.96. The van der Waals surface area contributed by atoms with Gasteiger partial charge in [-0.05, 0) is 76.3 Å². The Labute approximate surface area is 222 Å². The van der Waals surface area contributed by atoms with Crippen molar-refractivity contribution in [1.29, 1.82) is 0 Å². The monoisotopic (exact) mass is 527 g/mol. The number of carboxylic acids is 1. The molecule has 0 bridgehead atoms. The number of rotatable bonds is 10. The molecule has 0 aliphatic heterocycles. The highest BCUT2D eigenvalue weighted by Crippen LogP contribution is 2.34. The van der Waals surface area contributed by atoms with Crippen molar-refractivity contribution in [2.75, 3.05) is 5.32 Å². The van der Waals surface area contributed by atoms with E-state index in [1.54, 1.807) is 26.0 Å². The molecule has 2 N–H and O–H groups in total. The number of carbonyl (C=O) groups excluding carboxylic acids is 1. The number of amides is 1. The van der Waals surface area contributed by atoms with Gasteiger partial charge in [-0.2, -0.15) is 0 Å². The predicted molar refractivity (Wildman–Crippen MR) is 148 cm³/mol. The number of thioether (sulfide) groups is 1. The number of nitrogens with zero attached hydrogens (tertiary/aromatic N) is 2. The summed E-state index contributed by atoms with van der Waals surface area (Å²) in [7, 11) is 0. The number of anilines is 1. The van der Waals surface area contributed by atoms with E-state index < -0.39 is 10.7 Å². The van der Waals surface area contributed by atoms with Crippen molar-refractivity contribution in [2.24, 2.45) is 5.92 Å². The second-order valence-electron chi connectivity index (χ2n) is 9.87. The predicted octanol–water partition coefficient (Wildman–Crippen LogP) is 7.46. The van der Waals surface area contributed by atoms with Crippen molar-refractivity contribution >= 4 is 40.9 Å². The van der Waals surface area contributed by atoms with Gasteiger partial charge in [0.25, 0.3) is 5.91 Å². The number of carboxylic acid groups (broad SMARTS) is 1. The minimum Gasteiger partial charge on any atom is -0.480 e. The molecule has 0 atom stereocenters. The lowest BCUT2D eigenvalue weighted by atomic mass is 10.1. The van der Waals surface area contributed by atoms with E-state index >= 15 is 0 Å². The van der Waals surface area contributed by atoms with Crippen LogP contribution in [0.15, 0.2) is 47.4 Å². The summed E-state index contributed by atoms with van der Waals surface area (Å²) in [6.07, 6.45) is 2.04. The van der Waals surface area contributed by atoms with E-state index in [0.29, 0.717) is 22.3 Å². The highest BCUT2D eigenvalue weighted by Gasteiger charge is 2.28. The van der Waals surface area contributed by atoms with Crippen molar-refractivity contribution < 1.29 is 14.7 Å². The van der Waals surface area contributed by atoms with Gasteiger partial charge in [0.2, 0.25) is 0 Å². The zero-order valence-electron chi connectivity index (χ0n) is 21.7. The van der Waals surface area contributed by atoms with Gasteiger partial charge in [0.1, 0.15) is 16.3 Å². The highest BCUT2D eigenvalue weighted by molar-refractivity contribution is 8.01. The van der Waals surface area contributed by atoms with Crippen LogP contribution in [0.2, 0.25) is 5.02 Å². The molecule has 1 aromatic heterocycles. The quantitative estimate of drug-likeness (QED) is 0.267. The molecule has 3 aromatic rings. The summed E-state index contributed by atoms with van der Waals surface area (Å²) >= 11 is 7.53. The van der Waals surface area contributed by atoms with Gasteiger partial charge in [0, 0.05) is 33.4 Å². The van der Waals surface area contributed by atoms with Crippen LogP contribution >= 0.6 is 23.4 Å². The Morgan fingerprint density at radius 1 is 1.14 bits per heavy atom. The van der Waals surface area contributed by atoms with E-state index in [1.165, 1.54) is 11.8 Å². The number of nitrogens with one attached hydrogen (secondary N) is 1. The average molecular weight is 528 g/mol. The molecule has 0 spiro atoms. The van der Waals surface area contributed by atoms with Gasteiger partial charge in [-0.25, -0.2) is 4.98 Å². The molecule has 36 heavy (non-hydrogen) atoms. The van der Waals surface area contributed by atoms with Gasteiger partial charge in [0.05, 0.1) is 0 Å². The van der Waals surface area contributed by atoms with Crippen molar-refractivity contribution in [3.8, 4) is 11.4 Å². The largest absolute Gasteiger partial charge is 0.480 e. The van der Waals surface area contributed by atoms with Gasteiger partial charge >= 0.3 is 5.97 Å². The number of carbonyl (C=O) groups is 2. The van der Waals surface area contributed by atoms with Gasteiger partial charge in [0.15, 0.2) is 0 Å². The lowest BCUT2D eigenvalue weighted by molar-refractivity contribution is -0.138. The molecule has 0 aliphatic rings. The Kier molecular flexibility index (Phi) is 8.90. The molecule has 0 saturated heterocycles. The Bertz CT molecular complexity index is 1250. The molecule has 0 radical (unpaired) electrons. The zero-order chi connectivity index (χ0) is 26.6. The molecule has 0 saturated carbocycles. The van der Waals surface area contributed by atoms with Gasteiger partial charge in [-0.3, -0.25) is 9.59 Å². The number of benzene rings is 2. The Morgan fingerprint density at radius 3 is 2.42 bits per heavy atom. The SMILES string of the molecule is Cc1c(Cl)cccc1NC(=O)c1nc(-c2ccc(SC(C)(C)C(=O)O)cc2)n(CCCC(C)C)c1C. The molecule has 0 fully saturated rings. The third-order valence-electron chi connectivity index (χ3n) is 6.12. The van der Waals surface area contributed by atoms with Gasteiger partial charge in [-0.15, -0.1) is 11.8 Å². The molecular formula is C28H34ClN3O3S. The van der Waals surface area contributed by atoms with Crippen LogP contribution in [0.4, 0.5) is 5.69 Å². The van der Waals surface area contributed by atoms with E-state index in [-0.39, 0.29) is 5.91 Å². The van der Waals surface area contributed by atoms with E-state index in [2.05, 4.69) is 23.7 Å². The first-order valence-electron chi connectivity index (χ1n) is 12.1. The summed E-state index contributed by atoms with van der Waals surface area (Å²) in [6.45, 7) is 12.3. The van der Waals surface area contributed by atoms with E-state index in [9.17, 15) is 14.7 Å². The highest BCUT2D eigenvalue weighted by atomic mass is 35.5. The number of halogens is 1. The molecule has 1 heterocycles. The maximum atomic E-state index is 13.3. The summed E-state index contributed by atoms with van der Waals surface area (Å²) in [5, 5.41) is 13.0. The summed E-state index contributed by atoms with van der Waals surface area (Å²) in [5.74, 6) is 0.161. The van der Waals surface area contributed by atoms with Crippen molar-refractivity contribution in [3.05, 3.63) is 64.4 Å². The Balaban J connectivity index is 1.95. The maximum absolute atomic E-state index is 13.3. The number of aliphatic carboxylic acids is 1. The van der Waals surface area contributed by atoms with Crippen LogP contribution in [-0.4, -0.2) is 31.3 Å². The third kappa shape index (κ3) is 6.51. The summed E-state index contributed by atoms with van der Waals surface area (Å²) in [6, 6.07) is 13.1. The van der Waals surface area contributed by atoms with Crippen LogP contribution in [0.3, 0.4) is 0 Å². The standard InChI is InChI=1S/C28H34ClN3O3S/c1-17(2)9-8-16-32-19(4)24(26(33)30-23-11-7-10-22(29)18(23)3)31-25(32)20-12-14-21(15-13-20)36-28(5,6)27(34)35/h7,10-15,17H,8-9,16H2,1-6H3,(H,30,33)(H,34,35). The normalized spacial score (nSPS) is 11.7. The lowest BCUT2D eigenvalue weighted by Crippen LogP contribution is -2.26. The molecule has 192 valence electrons. The Hall–Kier alpha value is -2.77. The van der Waals surface area contributed by atoms with Crippen LogP contribution < -0.4 is 5.32 Å². The molecule has 0 aliphatic carbocycles. The fourth-order valence-electron chi connectivity index (χ4n) is 3.84. The molecule has 3 rings (SSSR count). The topological polar surface area (TPSA) is 84.2 Å². The lowest BCUT2D eigenvalue weighted by Gasteiger charge is -2.18. The van der Waals surface area contributed by atoms with Gasteiger partial charge in [-0.1, -0.05) is 43.6 Å². The average Bonchev–Trinajstić information content (AvgIpc) is 3.13. The number of hydrogen-bond acceptors (Lipinski definition) is 4. The summed E-state index contributed by atoms with van der Waals surface area (Å²) in [4.78, 5) is 30.4. The molecule has 2 aromatic carbocycles. The molecule has 1 amide bonds. The summed E-state index contributed by atoms with van der Waals surface area (Å²) in [5.41, 5.74) is 3.51. The van der Waals surface area contributed by atoms with Crippen molar-refractivity contribution in [2.45, 2.75) is 70.6 Å². The minimum absolute atomic E-state index is 0.280. The molecule has 6 nitrogen and oxygen atoms in total. The second-order valence-corrected chi connectivity index (χ2v) is 12.0. The minimum atomic E-state index is -0.933. The van der Waals surface area contributed by atoms with Crippen LogP contribution in [0.1, 0.15) is 62.3 Å². The van der Waals surface area contributed by atoms with E-state index in [4.69, 9.17) is 16.6 Å². The third-order valence-corrected chi connectivity index (χ3v) is 7.72.